The van der Waals surface area contributed by atoms with Gasteiger partial charge < -0.3 is 25.4 Å². The van der Waals surface area contributed by atoms with Crippen LogP contribution in [-0.2, 0) is 9.53 Å². The van der Waals surface area contributed by atoms with Gasteiger partial charge in [-0.15, -0.1) is 0 Å². The molecule has 130 valence electrons. The zero-order valence-corrected chi connectivity index (χ0v) is 13.7. The minimum atomic E-state index is -1.19. The Labute approximate surface area is 132 Å². The Hall–Kier alpha value is -0.690. The van der Waals surface area contributed by atoms with Gasteiger partial charge in [0.15, 0.2) is 0 Å². The predicted molar refractivity (Wildman–Crippen MR) is 83.4 cm³/mol. The molecule has 1 fully saturated rings. The number of unbranched alkanes of at least 4 members (excludes halogenated alkanes) is 5. The monoisotopic (exact) mass is 317 g/mol. The van der Waals surface area contributed by atoms with Crippen molar-refractivity contribution in [2.45, 2.75) is 89.3 Å². The van der Waals surface area contributed by atoms with Crippen LogP contribution in [0.4, 0.5) is 0 Å². The Bertz CT molecular complexity index is 326. The number of hydrogen-bond donors (Lipinski definition) is 4. The maximum absolute atomic E-state index is 11.3. The topological polar surface area (TPSA) is 99.0 Å². The van der Waals surface area contributed by atoms with Gasteiger partial charge in [0.05, 0.1) is 18.8 Å². The Morgan fingerprint density at radius 1 is 1.05 bits per heavy atom. The second-order valence-corrected chi connectivity index (χ2v) is 6.16. The average Bonchev–Trinajstić information content (AvgIpc) is 2.49. The lowest BCUT2D eigenvalue weighted by Gasteiger charge is -2.42. The van der Waals surface area contributed by atoms with E-state index in [4.69, 9.17) is 4.74 Å². The van der Waals surface area contributed by atoms with Crippen molar-refractivity contribution in [2.75, 3.05) is 6.61 Å². The van der Waals surface area contributed by atoms with E-state index in [2.05, 4.69) is 12.2 Å². The summed E-state index contributed by atoms with van der Waals surface area (Å²) in [5.41, 5.74) is 0. The number of carbonyl (C=O) groups is 1. The van der Waals surface area contributed by atoms with Crippen molar-refractivity contribution in [3.05, 3.63) is 0 Å². The number of rotatable bonds is 9. The van der Waals surface area contributed by atoms with Gasteiger partial charge in [-0.05, 0) is 6.42 Å². The molecule has 1 aliphatic heterocycles. The summed E-state index contributed by atoms with van der Waals surface area (Å²) >= 11 is 0. The molecule has 1 heterocycles. The van der Waals surface area contributed by atoms with E-state index >= 15 is 0 Å². The molecule has 1 aliphatic rings. The molecule has 0 spiro atoms. The fourth-order valence-electron chi connectivity index (χ4n) is 2.98. The Kier molecular flexibility index (Phi) is 8.93. The molecule has 0 radical (unpaired) electrons. The third kappa shape index (κ3) is 5.83. The summed E-state index contributed by atoms with van der Waals surface area (Å²) in [6.45, 7) is 3.20. The van der Waals surface area contributed by atoms with Gasteiger partial charge in [-0.2, -0.15) is 0 Å². The van der Waals surface area contributed by atoms with E-state index in [9.17, 15) is 20.1 Å². The van der Waals surface area contributed by atoms with Gasteiger partial charge in [0, 0.05) is 6.92 Å². The van der Waals surface area contributed by atoms with Crippen molar-refractivity contribution in [1.82, 2.24) is 5.32 Å². The van der Waals surface area contributed by atoms with Gasteiger partial charge in [-0.3, -0.25) is 4.79 Å². The summed E-state index contributed by atoms with van der Waals surface area (Å²) in [7, 11) is 0. The summed E-state index contributed by atoms with van der Waals surface area (Å²) in [6, 6.07) is -0.633. The molecule has 1 saturated heterocycles. The molecule has 6 nitrogen and oxygen atoms in total. The van der Waals surface area contributed by atoms with E-state index in [1.807, 2.05) is 0 Å². The lowest BCUT2D eigenvalue weighted by Crippen LogP contribution is -2.63. The van der Waals surface area contributed by atoms with Crippen LogP contribution in [0.5, 0.6) is 0 Å². The molecule has 5 atom stereocenters. The second-order valence-electron chi connectivity index (χ2n) is 6.16. The van der Waals surface area contributed by atoms with Gasteiger partial charge in [0.1, 0.15) is 18.3 Å². The number of carbonyl (C=O) groups excluding carboxylic acids is 1. The lowest BCUT2D eigenvalue weighted by atomic mass is 9.90. The number of ether oxygens (including phenoxy) is 1. The summed E-state index contributed by atoms with van der Waals surface area (Å²) in [4.78, 5) is 11.3. The minimum absolute atomic E-state index is 0.268. The quantitative estimate of drug-likeness (QED) is 0.470. The van der Waals surface area contributed by atoms with Gasteiger partial charge >= 0.3 is 0 Å². The fourth-order valence-corrected chi connectivity index (χ4v) is 2.98. The number of hydrogen-bond acceptors (Lipinski definition) is 5. The molecular weight excluding hydrogens is 286 g/mol. The number of amides is 1. The molecule has 0 aliphatic carbocycles. The first-order valence-corrected chi connectivity index (χ1v) is 8.40. The van der Waals surface area contributed by atoms with Gasteiger partial charge in [-0.1, -0.05) is 45.4 Å². The standard InChI is InChI=1S/C16H31NO5/c1-3-4-5-6-7-8-9-12-14(17-11(2)19)16(21)15(20)13(10-18)22-12/h12-16,18,20-21H,3-10H2,1-2H3,(H,17,19)/t12?,13-,14+,15+,16-/m1/s1. The van der Waals surface area contributed by atoms with E-state index in [0.717, 1.165) is 12.8 Å². The first kappa shape index (κ1) is 19.4. The van der Waals surface area contributed by atoms with Gasteiger partial charge in [0.2, 0.25) is 5.91 Å². The maximum atomic E-state index is 11.3. The Morgan fingerprint density at radius 2 is 1.68 bits per heavy atom. The molecule has 1 rings (SSSR count). The van der Waals surface area contributed by atoms with Crippen LogP contribution in [0, 0.1) is 0 Å². The molecule has 0 saturated carbocycles. The maximum Gasteiger partial charge on any atom is 0.217 e. The number of nitrogens with one attached hydrogen (secondary N) is 1. The number of aliphatic hydroxyl groups excluding tert-OH is 3. The van der Waals surface area contributed by atoms with E-state index < -0.39 is 24.4 Å². The van der Waals surface area contributed by atoms with Crippen LogP contribution in [0.2, 0.25) is 0 Å². The third-order valence-corrected chi connectivity index (χ3v) is 4.24. The van der Waals surface area contributed by atoms with Crippen molar-refractivity contribution in [3.8, 4) is 0 Å². The minimum Gasteiger partial charge on any atom is -0.394 e. The molecule has 0 aromatic carbocycles. The first-order chi connectivity index (χ1) is 10.5. The van der Waals surface area contributed by atoms with Crippen LogP contribution in [0.1, 0.15) is 58.8 Å². The van der Waals surface area contributed by atoms with E-state index in [1.54, 1.807) is 0 Å². The summed E-state index contributed by atoms with van der Waals surface area (Å²) in [5, 5.41) is 32.0. The predicted octanol–water partition coefficient (Wildman–Crippen LogP) is 0.723. The molecule has 6 heteroatoms. The fraction of sp³-hybridized carbons (Fsp3) is 0.938. The molecule has 1 unspecified atom stereocenters. The van der Waals surface area contributed by atoms with Crippen LogP contribution < -0.4 is 5.32 Å². The molecule has 22 heavy (non-hydrogen) atoms. The third-order valence-electron chi connectivity index (χ3n) is 4.24. The summed E-state index contributed by atoms with van der Waals surface area (Å²) < 4.78 is 5.68. The van der Waals surface area contributed by atoms with Crippen molar-refractivity contribution >= 4 is 5.91 Å². The molecule has 1 amide bonds. The lowest BCUT2D eigenvalue weighted by molar-refractivity contribution is -0.196. The highest BCUT2D eigenvalue weighted by Gasteiger charge is 2.44. The molecule has 4 N–H and O–H groups in total. The van der Waals surface area contributed by atoms with Gasteiger partial charge in [-0.25, -0.2) is 0 Å². The first-order valence-electron chi connectivity index (χ1n) is 8.40. The molecule has 0 bridgehead atoms. The summed E-state index contributed by atoms with van der Waals surface area (Å²) in [5.74, 6) is -0.268. The van der Waals surface area contributed by atoms with Crippen molar-refractivity contribution in [3.63, 3.8) is 0 Å². The van der Waals surface area contributed by atoms with Crippen molar-refractivity contribution in [2.24, 2.45) is 0 Å². The molecule has 0 aromatic rings. The normalized spacial score (nSPS) is 32.0. The van der Waals surface area contributed by atoms with E-state index in [-0.39, 0.29) is 18.6 Å². The Morgan fingerprint density at radius 3 is 2.27 bits per heavy atom. The highest BCUT2D eigenvalue weighted by molar-refractivity contribution is 5.73. The zero-order valence-electron chi connectivity index (χ0n) is 13.7. The van der Waals surface area contributed by atoms with Crippen molar-refractivity contribution < 1.29 is 24.9 Å². The molecular formula is C16H31NO5. The molecule has 0 aromatic heterocycles. The highest BCUT2D eigenvalue weighted by atomic mass is 16.5. The largest absolute Gasteiger partial charge is 0.394 e. The highest BCUT2D eigenvalue weighted by Crippen LogP contribution is 2.25. The van der Waals surface area contributed by atoms with E-state index in [1.165, 1.54) is 32.6 Å². The van der Waals surface area contributed by atoms with Crippen LogP contribution in [-0.4, -0.2) is 58.3 Å². The van der Waals surface area contributed by atoms with E-state index in [0.29, 0.717) is 6.42 Å². The van der Waals surface area contributed by atoms with Crippen LogP contribution in [0.3, 0.4) is 0 Å². The van der Waals surface area contributed by atoms with Crippen molar-refractivity contribution in [1.29, 1.82) is 0 Å². The number of aliphatic hydroxyl groups is 3. The summed E-state index contributed by atoms with van der Waals surface area (Å²) in [6.07, 6.45) is 4.04. The Balaban J connectivity index is 2.52. The smallest absolute Gasteiger partial charge is 0.217 e. The zero-order chi connectivity index (χ0) is 16.5. The second kappa shape index (κ2) is 10.2. The SMILES string of the molecule is CCCCCCCCC1O[C@H](CO)[C@H](O)[C@H](O)[C@H]1NC(C)=O. The van der Waals surface area contributed by atoms with Crippen LogP contribution in [0.15, 0.2) is 0 Å². The van der Waals surface area contributed by atoms with Crippen LogP contribution in [0.25, 0.3) is 0 Å². The van der Waals surface area contributed by atoms with Gasteiger partial charge in [0.25, 0.3) is 0 Å². The average molecular weight is 317 g/mol. The van der Waals surface area contributed by atoms with Crippen LogP contribution >= 0.6 is 0 Å².